The smallest absolute Gasteiger partial charge is 0.255 e. The Hall–Kier alpha value is -5.62. The van der Waals surface area contributed by atoms with Crippen molar-refractivity contribution in [1.29, 1.82) is 10.8 Å². The van der Waals surface area contributed by atoms with E-state index in [0.29, 0.717) is 23.6 Å². The van der Waals surface area contributed by atoms with Crippen molar-refractivity contribution in [1.82, 2.24) is 24.9 Å². The maximum absolute atomic E-state index is 13.2. The maximum Gasteiger partial charge on any atom is 0.255 e. The second-order valence-corrected chi connectivity index (χ2v) is 16.1. The molecule has 8 rings (SSSR count). The largest absolute Gasteiger partial charge is 0.379 e. The van der Waals surface area contributed by atoms with Gasteiger partial charge in [-0.05, 0) is 63.4 Å². The number of carbonyl (C=O) groups excluding carboxylic acids is 3. The molecule has 15 heteroatoms. The molecule has 4 aromatic rings. The lowest BCUT2D eigenvalue weighted by Gasteiger charge is -2.40. The molecular formula is C41H41ClN10O3S. The van der Waals surface area contributed by atoms with Crippen LogP contribution in [-0.2, 0) is 22.7 Å². The Bertz CT molecular complexity index is 2380. The molecule has 2 aromatic heterocycles. The number of nitrogens with zero attached hydrogens (tertiary/aromatic N) is 6. The van der Waals surface area contributed by atoms with Crippen LogP contribution in [-0.4, -0.2) is 92.4 Å². The lowest BCUT2D eigenvalue weighted by atomic mass is 9.99. The molecule has 0 radical (unpaired) electrons. The number of hydrogen-bond donors (Lipinski definition) is 4. The number of amidine groups is 2. The lowest BCUT2D eigenvalue weighted by Crippen LogP contribution is -2.55. The highest BCUT2D eigenvalue weighted by Crippen LogP contribution is 2.40. The number of benzene rings is 2. The lowest BCUT2D eigenvalue weighted by molar-refractivity contribution is -0.136. The molecule has 0 spiro atoms. The molecule has 286 valence electrons. The van der Waals surface area contributed by atoms with Gasteiger partial charge in [0.15, 0.2) is 0 Å². The molecule has 4 N–H and O–H groups in total. The zero-order chi connectivity index (χ0) is 39.2. The maximum atomic E-state index is 13.2. The average molecular weight is 789 g/mol. The van der Waals surface area contributed by atoms with Crippen molar-refractivity contribution < 1.29 is 14.4 Å². The van der Waals surface area contributed by atoms with Gasteiger partial charge in [0.1, 0.15) is 28.8 Å². The topological polar surface area (TPSA) is 163 Å². The first kappa shape index (κ1) is 37.3. The number of amides is 3. The first-order valence-corrected chi connectivity index (χ1v) is 19.9. The zero-order valence-electron chi connectivity index (χ0n) is 31.3. The molecule has 4 aliphatic rings. The van der Waals surface area contributed by atoms with Gasteiger partial charge < -0.3 is 10.2 Å². The molecule has 0 saturated carbocycles. The number of carbonyl (C=O) groups is 3. The molecule has 1 unspecified atom stereocenters. The number of halogens is 1. The summed E-state index contributed by atoms with van der Waals surface area (Å²) in [5.74, 6) is 6.26. The molecule has 6 heterocycles. The number of hydrogen-bond acceptors (Lipinski definition) is 10. The van der Waals surface area contributed by atoms with E-state index < -0.39 is 18.0 Å². The second kappa shape index (κ2) is 15.1. The number of thiophene rings is 1. The molecule has 13 nitrogen and oxygen atoms in total. The summed E-state index contributed by atoms with van der Waals surface area (Å²) in [5, 5.41) is 29.3. The number of nitrogens with one attached hydrogen (secondary N) is 4. The van der Waals surface area contributed by atoms with Crippen LogP contribution in [0, 0.1) is 29.6 Å². The summed E-state index contributed by atoms with van der Waals surface area (Å²) in [7, 11) is 0. The standard InChI is InChI=1S/C41H41ClN10O3S/c1-23-34(56-41-36(23)37(27-9-11-28(42)12-10-27)46-24(2)38(44)52(41)25(3)43)14-8-26-18-45-50(19-26)17-5-16-49-20-29(21-49)47-32-7-4-6-30-31(32)22-51(40(30)55)33-13-15-35(53)48-39(33)54/h4,6-7,9-12,18-19,24,29,33,43-44,47H,5,13,15-17,20-22H2,1-3H3,(H,48,53,54)/t24-,33?/m0/s1. The van der Waals surface area contributed by atoms with Crippen LogP contribution in [0.2, 0.25) is 5.02 Å². The SMILES string of the molecule is CC(=N)N1C(=N)[C@H](C)N=C(c2ccc(Cl)cc2)c2c1sc(C#Cc1cnn(CCCN3CC(Nc4cccc5c4CN(C4CCC(=O)NC4=O)C5=O)C3)c1)c2C. The molecule has 4 aliphatic heterocycles. The fraction of sp³-hybridized carbons (Fsp3) is 0.341. The third-order valence-electron chi connectivity index (χ3n) is 10.7. The van der Waals surface area contributed by atoms with E-state index in [9.17, 15) is 14.4 Å². The first-order chi connectivity index (χ1) is 26.9. The minimum Gasteiger partial charge on any atom is -0.379 e. The van der Waals surface area contributed by atoms with Crippen molar-refractivity contribution in [2.75, 3.05) is 29.9 Å². The van der Waals surface area contributed by atoms with Gasteiger partial charge in [-0.15, -0.1) is 11.3 Å². The third kappa shape index (κ3) is 7.13. The summed E-state index contributed by atoms with van der Waals surface area (Å²) in [4.78, 5) is 48.7. The quantitative estimate of drug-likeness (QED) is 0.0818. The van der Waals surface area contributed by atoms with Gasteiger partial charge in [-0.25, -0.2) is 0 Å². The van der Waals surface area contributed by atoms with Gasteiger partial charge in [0.2, 0.25) is 11.8 Å². The van der Waals surface area contributed by atoms with Crippen molar-refractivity contribution in [3.05, 3.63) is 98.1 Å². The predicted octanol–water partition coefficient (Wildman–Crippen LogP) is 5.27. The van der Waals surface area contributed by atoms with Crippen LogP contribution in [0.3, 0.4) is 0 Å². The van der Waals surface area contributed by atoms with Crippen molar-refractivity contribution in [2.24, 2.45) is 4.99 Å². The van der Waals surface area contributed by atoms with Crippen molar-refractivity contribution in [3.8, 4) is 11.8 Å². The highest BCUT2D eigenvalue weighted by Gasteiger charge is 2.40. The molecule has 2 fully saturated rings. The first-order valence-electron chi connectivity index (χ1n) is 18.7. The number of aliphatic imine (C=N–C) groups is 1. The van der Waals surface area contributed by atoms with E-state index in [1.165, 1.54) is 11.3 Å². The molecule has 2 atom stereocenters. The van der Waals surface area contributed by atoms with E-state index in [2.05, 4.69) is 32.5 Å². The highest BCUT2D eigenvalue weighted by molar-refractivity contribution is 7.17. The van der Waals surface area contributed by atoms with Gasteiger partial charge in [0, 0.05) is 78.3 Å². The summed E-state index contributed by atoms with van der Waals surface area (Å²) >= 11 is 7.67. The van der Waals surface area contributed by atoms with E-state index in [4.69, 9.17) is 27.4 Å². The summed E-state index contributed by atoms with van der Waals surface area (Å²) < 4.78 is 1.92. The zero-order valence-corrected chi connectivity index (χ0v) is 32.9. The van der Waals surface area contributed by atoms with E-state index in [1.54, 1.807) is 29.0 Å². The Morgan fingerprint density at radius 3 is 2.64 bits per heavy atom. The number of imide groups is 1. The van der Waals surface area contributed by atoms with Gasteiger partial charge in [-0.3, -0.25) is 50.0 Å². The van der Waals surface area contributed by atoms with Crippen LogP contribution >= 0.6 is 22.9 Å². The van der Waals surface area contributed by atoms with Crippen LogP contribution in [0.1, 0.15) is 76.2 Å². The van der Waals surface area contributed by atoms with Crippen LogP contribution in [0.25, 0.3) is 0 Å². The van der Waals surface area contributed by atoms with Crippen LogP contribution in [0.4, 0.5) is 10.7 Å². The minimum atomic E-state index is -0.631. The molecule has 2 saturated heterocycles. The van der Waals surface area contributed by atoms with Gasteiger partial charge in [0.25, 0.3) is 5.91 Å². The fourth-order valence-corrected chi connectivity index (χ4v) is 9.10. The van der Waals surface area contributed by atoms with Gasteiger partial charge >= 0.3 is 0 Å². The molecule has 3 amide bonds. The average Bonchev–Trinajstić information content (AvgIpc) is 3.82. The normalized spacial score (nSPS) is 19.8. The molecule has 0 aliphatic carbocycles. The number of likely N-dealkylation sites (tertiary alicyclic amines) is 1. The van der Waals surface area contributed by atoms with Crippen LogP contribution in [0.5, 0.6) is 0 Å². The van der Waals surface area contributed by atoms with E-state index in [1.807, 2.05) is 61.1 Å². The van der Waals surface area contributed by atoms with Gasteiger partial charge in [-0.2, -0.15) is 5.10 Å². The van der Waals surface area contributed by atoms with Crippen LogP contribution in [0.15, 0.2) is 59.9 Å². The number of aryl methyl sites for hydroxylation is 1. The summed E-state index contributed by atoms with van der Waals surface area (Å²) in [6, 6.07) is 12.4. The minimum absolute atomic E-state index is 0.169. The van der Waals surface area contributed by atoms with Crippen molar-refractivity contribution in [2.45, 2.75) is 71.2 Å². The fourth-order valence-electron chi connectivity index (χ4n) is 7.75. The number of fused-ring (bicyclic) bond motifs is 2. The van der Waals surface area contributed by atoms with Crippen molar-refractivity contribution in [3.63, 3.8) is 0 Å². The summed E-state index contributed by atoms with van der Waals surface area (Å²) in [5.41, 5.74) is 6.71. The molecule has 0 bridgehead atoms. The molecule has 56 heavy (non-hydrogen) atoms. The summed E-state index contributed by atoms with van der Waals surface area (Å²) in [6.07, 6.45) is 5.24. The van der Waals surface area contributed by atoms with E-state index in [0.717, 1.165) is 81.7 Å². The van der Waals surface area contributed by atoms with Crippen molar-refractivity contribution >= 4 is 68.7 Å². The second-order valence-electron chi connectivity index (χ2n) is 14.6. The Morgan fingerprint density at radius 2 is 1.89 bits per heavy atom. The van der Waals surface area contributed by atoms with Crippen LogP contribution < -0.4 is 15.5 Å². The Labute approximate surface area is 333 Å². The molecule has 2 aromatic carbocycles. The number of rotatable bonds is 8. The highest BCUT2D eigenvalue weighted by atomic mass is 35.5. The Balaban J connectivity index is 0.872. The van der Waals surface area contributed by atoms with E-state index in [-0.39, 0.29) is 35.9 Å². The number of anilines is 2. The molecular weight excluding hydrogens is 748 g/mol. The third-order valence-corrected chi connectivity index (χ3v) is 12.1. The Morgan fingerprint density at radius 1 is 1.11 bits per heavy atom. The van der Waals surface area contributed by atoms with E-state index >= 15 is 0 Å². The number of piperidine rings is 1. The van der Waals surface area contributed by atoms with Gasteiger partial charge in [-0.1, -0.05) is 41.6 Å². The van der Waals surface area contributed by atoms with Gasteiger partial charge in [0.05, 0.1) is 28.4 Å². The monoisotopic (exact) mass is 788 g/mol. The Kier molecular flexibility index (Phi) is 10.1. The predicted molar refractivity (Wildman–Crippen MR) is 218 cm³/mol. The number of aromatic nitrogens is 2. The summed E-state index contributed by atoms with van der Waals surface area (Å²) in [6.45, 7) is 9.36.